The average Bonchev–Trinajstić information content (AvgIpc) is 2.99. The summed E-state index contributed by atoms with van der Waals surface area (Å²) in [5.41, 5.74) is 8.89. The van der Waals surface area contributed by atoms with Crippen molar-refractivity contribution in [2.45, 2.75) is 13.8 Å². The first-order valence-corrected chi connectivity index (χ1v) is 13.5. The molecule has 0 spiro atoms. The lowest BCUT2D eigenvalue weighted by molar-refractivity contribution is 1.50. The van der Waals surface area contributed by atoms with Gasteiger partial charge in [-0.15, -0.1) is 0 Å². The van der Waals surface area contributed by atoms with Crippen LogP contribution in [-0.2, 0) is 0 Å². The van der Waals surface area contributed by atoms with E-state index in [4.69, 9.17) is 0 Å². The first kappa shape index (κ1) is 25.0. The molecule has 0 saturated carbocycles. The second-order valence-electron chi connectivity index (χ2n) is 10.2. The van der Waals surface area contributed by atoms with Gasteiger partial charge in [-0.25, -0.2) is 0 Å². The van der Waals surface area contributed by atoms with Gasteiger partial charge in [0.05, 0.1) is 0 Å². The fourth-order valence-corrected chi connectivity index (χ4v) is 4.72. The van der Waals surface area contributed by atoms with Gasteiger partial charge in [0.1, 0.15) is 0 Å². The molecule has 0 saturated heterocycles. The molecule has 188 valence electrons. The maximum absolute atomic E-state index is 3.30. The average molecular weight is 509 g/mol. The smallest absolute Gasteiger partial charge is 0.0255 e. The second-order valence-corrected chi connectivity index (χ2v) is 10.2. The van der Waals surface area contributed by atoms with Crippen molar-refractivity contribution >= 4 is 33.7 Å². The molecule has 0 amide bonds. The Bertz CT molecular complexity index is 1850. The number of rotatable bonds is 2. The third-order valence-corrected chi connectivity index (χ3v) is 6.98. The van der Waals surface area contributed by atoms with E-state index in [1.807, 2.05) is 0 Å². The van der Waals surface area contributed by atoms with Crippen LogP contribution in [0.15, 0.2) is 121 Å². The van der Waals surface area contributed by atoms with Gasteiger partial charge in [-0.2, -0.15) is 0 Å². The Hall–Kier alpha value is -5.30. The number of hydrogen-bond acceptors (Lipinski definition) is 0. The Morgan fingerprint density at radius 2 is 0.675 bits per heavy atom. The van der Waals surface area contributed by atoms with Gasteiger partial charge in [0.15, 0.2) is 0 Å². The lowest BCUT2D eigenvalue weighted by atomic mass is 10.0. The van der Waals surface area contributed by atoms with Crippen LogP contribution in [0, 0.1) is 37.5 Å². The lowest BCUT2D eigenvalue weighted by Gasteiger charge is -2.00. The van der Waals surface area contributed by atoms with Crippen molar-refractivity contribution in [1.82, 2.24) is 0 Å². The van der Waals surface area contributed by atoms with Gasteiger partial charge in [0.2, 0.25) is 0 Å². The summed E-state index contributed by atoms with van der Waals surface area (Å²) in [6.07, 6.45) is 4.25. The summed E-state index contributed by atoms with van der Waals surface area (Å²) < 4.78 is 0. The van der Waals surface area contributed by atoms with Crippen molar-refractivity contribution in [2.75, 3.05) is 0 Å². The predicted octanol–water partition coefficient (Wildman–Crippen LogP) is 9.58. The van der Waals surface area contributed by atoms with Gasteiger partial charge >= 0.3 is 0 Å². The molecule has 0 aliphatic rings. The molecule has 0 unspecified atom stereocenters. The highest BCUT2D eigenvalue weighted by Gasteiger charge is 1.97. The van der Waals surface area contributed by atoms with Gasteiger partial charge in [0, 0.05) is 22.3 Å². The zero-order valence-corrected chi connectivity index (χ0v) is 22.7. The highest BCUT2D eigenvalue weighted by Crippen LogP contribution is 2.19. The highest BCUT2D eigenvalue weighted by atomic mass is 14.0. The molecule has 40 heavy (non-hydrogen) atoms. The summed E-state index contributed by atoms with van der Waals surface area (Å²) in [5, 5.41) is 4.94. The minimum Gasteiger partial charge on any atom is -0.0617 e. The number of aryl methyl sites for hydroxylation is 2. The van der Waals surface area contributed by atoms with E-state index in [0.717, 1.165) is 33.4 Å². The van der Waals surface area contributed by atoms with Crippen LogP contribution in [0.3, 0.4) is 0 Å². The van der Waals surface area contributed by atoms with E-state index < -0.39 is 0 Å². The standard InChI is InChI=1S/C40H28/c1-29-3-21-39-27-35(19-23-37(39)25-29)17-15-33-11-7-31(8-12-33)5-6-32-9-13-34(14-10-32)16-18-36-20-24-38-26-30(2)4-22-40(38)28-36/h3-14,19-28H,1-2H3/b6-5+. The molecule has 0 fully saturated rings. The largest absolute Gasteiger partial charge is 0.0617 e. The molecule has 0 heterocycles. The summed E-state index contributed by atoms with van der Waals surface area (Å²) in [4.78, 5) is 0. The quantitative estimate of drug-likeness (QED) is 0.161. The molecule has 6 aromatic rings. The Labute approximate surface area is 236 Å². The van der Waals surface area contributed by atoms with Crippen molar-refractivity contribution < 1.29 is 0 Å². The maximum Gasteiger partial charge on any atom is 0.0255 e. The van der Waals surface area contributed by atoms with E-state index in [1.165, 1.54) is 32.7 Å². The molecular formula is C40H28. The molecular weight excluding hydrogens is 480 g/mol. The lowest BCUT2D eigenvalue weighted by Crippen LogP contribution is -1.80. The van der Waals surface area contributed by atoms with E-state index in [1.54, 1.807) is 0 Å². The zero-order chi connectivity index (χ0) is 27.3. The summed E-state index contributed by atoms with van der Waals surface area (Å²) >= 11 is 0. The molecule has 0 atom stereocenters. The second kappa shape index (κ2) is 11.2. The highest BCUT2D eigenvalue weighted by molar-refractivity contribution is 5.85. The Morgan fingerprint density at radius 1 is 0.350 bits per heavy atom. The summed E-state index contributed by atoms with van der Waals surface area (Å²) in [6, 6.07) is 42.5. The van der Waals surface area contributed by atoms with Crippen molar-refractivity contribution in [2.24, 2.45) is 0 Å². The van der Waals surface area contributed by atoms with Crippen LogP contribution in [0.1, 0.15) is 44.5 Å². The van der Waals surface area contributed by atoms with Crippen LogP contribution in [0.4, 0.5) is 0 Å². The fourth-order valence-electron chi connectivity index (χ4n) is 4.72. The van der Waals surface area contributed by atoms with Crippen molar-refractivity contribution in [3.63, 3.8) is 0 Å². The van der Waals surface area contributed by atoms with E-state index in [-0.39, 0.29) is 0 Å². The number of benzene rings is 6. The third-order valence-electron chi connectivity index (χ3n) is 6.98. The molecule has 0 aliphatic heterocycles. The summed E-state index contributed by atoms with van der Waals surface area (Å²) in [7, 11) is 0. The molecule has 0 bridgehead atoms. The van der Waals surface area contributed by atoms with Crippen molar-refractivity contribution in [3.8, 4) is 23.7 Å². The van der Waals surface area contributed by atoms with Gasteiger partial charge in [-0.1, -0.05) is 120 Å². The van der Waals surface area contributed by atoms with Crippen LogP contribution < -0.4 is 0 Å². The minimum atomic E-state index is 1.01. The third kappa shape index (κ3) is 6.05. The number of fused-ring (bicyclic) bond motifs is 2. The topological polar surface area (TPSA) is 0 Å². The van der Waals surface area contributed by atoms with Gasteiger partial charge in [-0.05, 0) is 95.1 Å². The fraction of sp³-hybridized carbons (Fsp3) is 0.0500. The van der Waals surface area contributed by atoms with E-state index >= 15 is 0 Å². The monoisotopic (exact) mass is 508 g/mol. The molecule has 0 heteroatoms. The van der Waals surface area contributed by atoms with Gasteiger partial charge in [0.25, 0.3) is 0 Å². The molecule has 0 nitrogen and oxygen atoms in total. The Kier molecular flexibility index (Phi) is 7.01. The normalized spacial score (nSPS) is 10.8. The van der Waals surface area contributed by atoms with E-state index in [9.17, 15) is 0 Å². The molecule has 6 aromatic carbocycles. The Balaban J connectivity index is 1.09. The molecule has 0 aliphatic carbocycles. The SMILES string of the molecule is Cc1ccc2cc(C#Cc3ccc(/C=C/c4ccc(C#Cc5ccc6cc(C)ccc6c5)cc4)cc3)ccc2c1. The van der Waals surface area contributed by atoms with Crippen molar-refractivity contribution in [1.29, 1.82) is 0 Å². The van der Waals surface area contributed by atoms with Crippen LogP contribution in [0.2, 0.25) is 0 Å². The summed E-state index contributed by atoms with van der Waals surface area (Å²) in [6.45, 7) is 4.24. The van der Waals surface area contributed by atoms with Gasteiger partial charge in [-0.3, -0.25) is 0 Å². The molecule has 0 aromatic heterocycles. The minimum absolute atomic E-state index is 1.01. The number of hydrogen-bond donors (Lipinski definition) is 0. The van der Waals surface area contributed by atoms with Crippen LogP contribution in [0.5, 0.6) is 0 Å². The van der Waals surface area contributed by atoms with E-state index in [0.29, 0.717) is 0 Å². The van der Waals surface area contributed by atoms with Crippen LogP contribution >= 0.6 is 0 Å². The van der Waals surface area contributed by atoms with Crippen molar-refractivity contribution in [3.05, 3.63) is 166 Å². The zero-order valence-electron chi connectivity index (χ0n) is 22.7. The van der Waals surface area contributed by atoms with Crippen LogP contribution in [0.25, 0.3) is 33.7 Å². The first-order valence-electron chi connectivity index (χ1n) is 13.5. The molecule has 6 rings (SSSR count). The van der Waals surface area contributed by atoms with E-state index in [2.05, 4.69) is 171 Å². The maximum atomic E-state index is 3.30. The summed E-state index contributed by atoms with van der Waals surface area (Å²) in [5.74, 6) is 13.2. The van der Waals surface area contributed by atoms with Gasteiger partial charge < -0.3 is 0 Å². The Morgan fingerprint density at radius 3 is 1.10 bits per heavy atom. The molecule has 0 N–H and O–H groups in total. The first-order chi connectivity index (χ1) is 19.6. The molecule has 0 radical (unpaired) electrons. The van der Waals surface area contributed by atoms with Crippen LogP contribution in [-0.4, -0.2) is 0 Å². The predicted molar refractivity (Wildman–Crippen MR) is 171 cm³/mol.